The van der Waals surface area contributed by atoms with Crippen molar-refractivity contribution in [3.8, 4) is 11.3 Å². The second-order valence-corrected chi connectivity index (χ2v) is 7.01. The van der Waals surface area contributed by atoms with E-state index in [9.17, 15) is 4.39 Å². The molecule has 1 unspecified atom stereocenters. The third-order valence-electron chi connectivity index (χ3n) is 4.12. The summed E-state index contributed by atoms with van der Waals surface area (Å²) in [5.41, 5.74) is 6.07. The van der Waals surface area contributed by atoms with Crippen molar-refractivity contribution >= 4 is 22.7 Å². The number of hydrogen-bond acceptors (Lipinski definition) is 5. The maximum Gasteiger partial charge on any atom is 0.203 e. The number of benzene rings is 2. The molecule has 140 valence electrons. The third-order valence-corrected chi connectivity index (χ3v) is 4.87. The lowest BCUT2D eigenvalue weighted by atomic mass is 10.1. The zero-order valence-corrected chi connectivity index (χ0v) is 16.2. The van der Waals surface area contributed by atoms with Gasteiger partial charge in [0.1, 0.15) is 5.82 Å². The van der Waals surface area contributed by atoms with Gasteiger partial charge in [-0.3, -0.25) is 5.43 Å². The van der Waals surface area contributed by atoms with Gasteiger partial charge in [0.25, 0.3) is 0 Å². The van der Waals surface area contributed by atoms with E-state index in [1.807, 2.05) is 55.6 Å². The largest absolute Gasteiger partial charge is 0.374 e. The van der Waals surface area contributed by atoms with E-state index in [4.69, 9.17) is 4.74 Å². The van der Waals surface area contributed by atoms with Crippen molar-refractivity contribution in [1.29, 1.82) is 0 Å². The average Bonchev–Trinajstić information content (AvgIpc) is 3.16. The molecular formula is C21H22FN3OS. The van der Waals surface area contributed by atoms with Gasteiger partial charge in [-0.25, -0.2) is 9.37 Å². The minimum atomic E-state index is -0.289. The molecule has 0 spiro atoms. The van der Waals surface area contributed by atoms with Crippen LogP contribution in [-0.2, 0) is 11.3 Å². The van der Waals surface area contributed by atoms with E-state index in [1.54, 1.807) is 12.3 Å². The van der Waals surface area contributed by atoms with Gasteiger partial charge in [-0.05, 0) is 25.0 Å². The summed E-state index contributed by atoms with van der Waals surface area (Å²) < 4.78 is 19.8. The van der Waals surface area contributed by atoms with Crippen LogP contribution in [0, 0.1) is 5.82 Å². The normalized spacial score (nSPS) is 12.4. The van der Waals surface area contributed by atoms with Crippen LogP contribution in [0.3, 0.4) is 0 Å². The Morgan fingerprint density at radius 1 is 1.26 bits per heavy atom. The summed E-state index contributed by atoms with van der Waals surface area (Å²) in [6, 6.07) is 15.0. The van der Waals surface area contributed by atoms with Gasteiger partial charge >= 0.3 is 0 Å². The Kier molecular flexibility index (Phi) is 6.68. The molecule has 0 amide bonds. The fourth-order valence-corrected chi connectivity index (χ4v) is 3.01. The molecule has 0 saturated carbocycles. The lowest BCUT2D eigenvalue weighted by molar-refractivity contribution is 0.0492. The number of ether oxygens (including phenoxy) is 1. The van der Waals surface area contributed by atoms with Gasteiger partial charge in [0.15, 0.2) is 0 Å². The number of aromatic nitrogens is 1. The van der Waals surface area contributed by atoms with Crippen molar-refractivity contribution in [3.05, 3.63) is 70.9 Å². The average molecular weight is 383 g/mol. The Morgan fingerprint density at radius 2 is 2.07 bits per heavy atom. The lowest BCUT2D eigenvalue weighted by Crippen LogP contribution is -2.07. The summed E-state index contributed by atoms with van der Waals surface area (Å²) in [5, 5.41) is 6.81. The minimum Gasteiger partial charge on any atom is -0.374 e. The predicted molar refractivity (Wildman–Crippen MR) is 110 cm³/mol. The summed E-state index contributed by atoms with van der Waals surface area (Å²) >= 11 is 1.47. The van der Waals surface area contributed by atoms with Crippen LogP contribution in [0.25, 0.3) is 11.3 Å². The van der Waals surface area contributed by atoms with Gasteiger partial charge in [0, 0.05) is 16.5 Å². The van der Waals surface area contributed by atoms with E-state index in [0.717, 1.165) is 17.7 Å². The molecular weight excluding hydrogens is 361 g/mol. The van der Waals surface area contributed by atoms with E-state index in [1.165, 1.54) is 17.4 Å². The van der Waals surface area contributed by atoms with Crippen molar-refractivity contribution in [3.63, 3.8) is 0 Å². The zero-order chi connectivity index (χ0) is 19.1. The summed E-state index contributed by atoms with van der Waals surface area (Å²) in [7, 11) is 0. The van der Waals surface area contributed by atoms with Gasteiger partial charge in [0.05, 0.1) is 24.6 Å². The van der Waals surface area contributed by atoms with E-state index in [2.05, 4.69) is 15.5 Å². The second-order valence-electron chi connectivity index (χ2n) is 6.15. The number of nitrogens with one attached hydrogen (secondary N) is 1. The molecule has 0 radical (unpaired) electrons. The Morgan fingerprint density at radius 3 is 2.81 bits per heavy atom. The van der Waals surface area contributed by atoms with E-state index in [0.29, 0.717) is 16.3 Å². The Labute approximate surface area is 162 Å². The molecule has 0 aliphatic heterocycles. The first-order valence-corrected chi connectivity index (χ1v) is 9.73. The monoisotopic (exact) mass is 383 g/mol. The highest BCUT2D eigenvalue weighted by Crippen LogP contribution is 2.24. The molecule has 0 fully saturated rings. The Balaban J connectivity index is 1.58. The van der Waals surface area contributed by atoms with Crippen molar-refractivity contribution in [1.82, 2.24) is 4.98 Å². The smallest absolute Gasteiger partial charge is 0.203 e. The molecule has 0 aliphatic rings. The first-order chi connectivity index (χ1) is 13.2. The quantitative estimate of drug-likeness (QED) is 0.400. The standard InChI is InChI=1S/C21H22FN3OS/c1-3-15(2)26-13-18-10-9-16(11-19(18)22)12-23-25-21-24-20(14-27-21)17-7-5-4-6-8-17/h4-12,14-15H,3,13H2,1-2H3,(H,24,25). The molecule has 2 aromatic carbocycles. The van der Waals surface area contributed by atoms with Crippen molar-refractivity contribution in [2.45, 2.75) is 33.0 Å². The maximum absolute atomic E-state index is 14.2. The first kappa shape index (κ1) is 19.2. The molecule has 0 saturated heterocycles. The number of thiazole rings is 1. The highest BCUT2D eigenvalue weighted by atomic mass is 32.1. The summed E-state index contributed by atoms with van der Waals surface area (Å²) in [6.07, 6.45) is 2.60. The van der Waals surface area contributed by atoms with Crippen LogP contribution >= 0.6 is 11.3 Å². The number of anilines is 1. The van der Waals surface area contributed by atoms with Crippen molar-refractivity contribution < 1.29 is 9.13 Å². The highest BCUT2D eigenvalue weighted by molar-refractivity contribution is 7.14. The molecule has 3 rings (SSSR count). The van der Waals surface area contributed by atoms with Gasteiger partial charge in [0.2, 0.25) is 5.13 Å². The SMILES string of the molecule is CCC(C)OCc1ccc(C=NNc2nc(-c3ccccc3)cs2)cc1F. The van der Waals surface area contributed by atoms with E-state index >= 15 is 0 Å². The minimum absolute atomic E-state index is 0.119. The number of hydrazone groups is 1. The summed E-state index contributed by atoms with van der Waals surface area (Å²) in [6.45, 7) is 4.29. The zero-order valence-electron chi connectivity index (χ0n) is 15.4. The van der Waals surface area contributed by atoms with Crippen LogP contribution in [0.2, 0.25) is 0 Å². The molecule has 3 aromatic rings. The van der Waals surface area contributed by atoms with Crippen molar-refractivity contribution in [2.75, 3.05) is 5.43 Å². The van der Waals surface area contributed by atoms with Gasteiger partial charge < -0.3 is 4.74 Å². The lowest BCUT2D eigenvalue weighted by Gasteiger charge is -2.11. The fourth-order valence-electron chi connectivity index (χ4n) is 2.34. The van der Waals surface area contributed by atoms with Crippen LogP contribution < -0.4 is 5.43 Å². The van der Waals surface area contributed by atoms with Crippen LogP contribution in [0.1, 0.15) is 31.4 Å². The van der Waals surface area contributed by atoms with Gasteiger partial charge in [-0.15, -0.1) is 11.3 Å². The predicted octanol–water partition coefficient (Wildman–Crippen LogP) is 5.71. The van der Waals surface area contributed by atoms with E-state index < -0.39 is 0 Å². The third kappa shape index (κ3) is 5.45. The maximum atomic E-state index is 14.2. The number of nitrogens with zero attached hydrogens (tertiary/aromatic N) is 2. The number of rotatable bonds is 8. The van der Waals surface area contributed by atoms with Crippen molar-refractivity contribution in [2.24, 2.45) is 5.10 Å². The fraction of sp³-hybridized carbons (Fsp3) is 0.238. The van der Waals surface area contributed by atoms with Crippen LogP contribution in [-0.4, -0.2) is 17.3 Å². The molecule has 4 nitrogen and oxygen atoms in total. The Bertz CT molecular complexity index is 895. The van der Waals surface area contributed by atoms with Crippen LogP contribution in [0.15, 0.2) is 59.0 Å². The van der Waals surface area contributed by atoms with Gasteiger partial charge in [-0.2, -0.15) is 5.10 Å². The highest BCUT2D eigenvalue weighted by Gasteiger charge is 2.06. The molecule has 1 N–H and O–H groups in total. The van der Waals surface area contributed by atoms with Crippen LogP contribution in [0.5, 0.6) is 0 Å². The summed E-state index contributed by atoms with van der Waals surface area (Å²) in [4.78, 5) is 4.50. The molecule has 1 heterocycles. The first-order valence-electron chi connectivity index (χ1n) is 8.85. The molecule has 1 atom stereocenters. The molecule has 1 aromatic heterocycles. The molecule has 6 heteroatoms. The second kappa shape index (κ2) is 9.39. The number of halogens is 1. The topological polar surface area (TPSA) is 46.5 Å². The van der Waals surface area contributed by atoms with E-state index in [-0.39, 0.29) is 18.5 Å². The molecule has 0 aliphatic carbocycles. The Hall–Kier alpha value is -2.57. The van der Waals surface area contributed by atoms with Gasteiger partial charge in [-0.1, -0.05) is 49.4 Å². The van der Waals surface area contributed by atoms with Crippen LogP contribution in [0.4, 0.5) is 9.52 Å². The molecule has 0 bridgehead atoms. The number of hydrogen-bond donors (Lipinski definition) is 1. The summed E-state index contributed by atoms with van der Waals surface area (Å²) in [5.74, 6) is -0.289. The molecule has 27 heavy (non-hydrogen) atoms.